The third-order valence-electron chi connectivity index (χ3n) is 4.09. The van der Waals surface area contributed by atoms with Gasteiger partial charge in [0.05, 0.1) is 13.1 Å². The SMILES string of the molecule is CC(C(=O)O)N(CCN(CC(=O)O)[C@H](C(=O)O)c1ccccc1O)CC(=O)O. The first-order chi connectivity index (χ1) is 13.0. The van der Waals surface area contributed by atoms with Crippen molar-refractivity contribution in [3.8, 4) is 5.75 Å². The van der Waals surface area contributed by atoms with E-state index in [4.69, 9.17) is 15.3 Å². The highest BCUT2D eigenvalue weighted by Crippen LogP contribution is 2.28. The molecule has 0 saturated heterocycles. The molecule has 2 atom stereocenters. The van der Waals surface area contributed by atoms with Crippen LogP contribution in [0.2, 0.25) is 0 Å². The monoisotopic (exact) mass is 398 g/mol. The summed E-state index contributed by atoms with van der Waals surface area (Å²) in [5.74, 6) is -5.65. The molecular formula is C17H22N2O9. The van der Waals surface area contributed by atoms with Crippen molar-refractivity contribution in [2.75, 3.05) is 26.2 Å². The Labute approximate surface area is 160 Å². The fraction of sp³-hybridized carbons (Fsp3) is 0.412. The van der Waals surface area contributed by atoms with Crippen molar-refractivity contribution >= 4 is 23.9 Å². The Bertz CT molecular complexity index is 737. The average molecular weight is 398 g/mol. The van der Waals surface area contributed by atoms with Gasteiger partial charge in [0.25, 0.3) is 0 Å². The molecule has 1 aromatic carbocycles. The number of carboxylic acids is 4. The summed E-state index contributed by atoms with van der Waals surface area (Å²) >= 11 is 0. The molecule has 0 amide bonds. The van der Waals surface area contributed by atoms with Crippen molar-refractivity contribution in [2.24, 2.45) is 0 Å². The Morgan fingerprint density at radius 2 is 1.36 bits per heavy atom. The van der Waals surface area contributed by atoms with Crippen LogP contribution in [-0.2, 0) is 19.2 Å². The second-order valence-electron chi connectivity index (χ2n) is 6.04. The molecule has 0 bridgehead atoms. The number of nitrogens with zero attached hydrogens (tertiary/aromatic N) is 2. The van der Waals surface area contributed by atoms with Gasteiger partial charge in [-0.3, -0.25) is 29.0 Å². The third-order valence-corrected chi connectivity index (χ3v) is 4.09. The molecular weight excluding hydrogens is 376 g/mol. The summed E-state index contributed by atoms with van der Waals surface area (Å²) in [6.45, 7) is -0.548. The predicted molar refractivity (Wildman–Crippen MR) is 94.0 cm³/mol. The Hall–Kier alpha value is -3.18. The van der Waals surface area contributed by atoms with E-state index >= 15 is 0 Å². The lowest BCUT2D eigenvalue weighted by Gasteiger charge is -2.31. The maximum Gasteiger partial charge on any atom is 0.325 e. The van der Waals surface area contributed by atoms with E-state index in [9.17, 15) is 29.4 Å². The smallest absolute Gasteiger partial charge is 0.325 e. The zero-order valence-electron chi connectivity index (χ0n) is 15.1. The van der Waals surface area contributed by atoms with Gasteiger partial charge in [-0.05, 0) is 13.0 Å². The second-order valence-corrected chi connectivity index (χ2v) is 6.04. The van der Waals surface area contributed by atoms with Crippen molar-refractivity contribution in [3.05, 3.63) is 29.8 Å². The van der Waals surface area contributed by atoms with Gasteiger partial charge in [-0.15, -0.1) is 0 Å². The molecule has 5 N–H and O–H groups in total. The van der Waals surface area contributed by atoms with Crippen molar-refractivity contribution in [1.29, 1.82) is 0 Å². The number of aliphatic carboxylic acids is 4. The second kappa shape index (κ2) is 10.2. The number of phenols is 1. The van der Waals surface area contributed by atoms with E-state index in [1.165, 1.54) is 31.2 Å². The van der Waals surface area contributed by atoms with Gasteiger partial charge >= 0.3 is 23.9 Å². The number of carbonyl (C=O) groups is 4. The maximum absolute atomic E-state index is 11.8. The first-order valence-corrected chi connectivity index (χ1v) is 8.19. The number of benzene rings is 1. The standard InChI is InChI=1S/C17H22N2O9/c1-10(16(25)26)18(8-13(21)22)6-7-19(9-14(23)24)15(17(27)28)11-4-2-3-5-12(11)20/h2-5,10,15,20H,6-9H2,1H3,(H,21,22)(H,23,24)(H,25,26)(H,27,28)/t10?,15-/m0/s1. The lowest BCUT2D eigenvalue weighted by Crippen LogP contribution is -2.48. The molecule has 1 rings (SSSR count). The molecule has 0 saturated carbocycles. The topological polar surface area (TPSA) is 176 Å². The summed E-state index contributed by atoms with van der Waals surface area (Å²) in [6.07, 6.45) is 0. The van der Waals surface area contributed by atoms with Crippen LogP contribution in [0, 0.1) is 0 Å². The minimum absolute atomic E-state index is 0.0349. The Morgan fingerprint density at radius 1 is 0.857 bits per heavy atom. The number of hydrogen-bond donors (Lipinski definition) is 5. The molecule has 1 unspecified atom stereocenters. The zero-order chi connectivity index (χ0) is 21.4. The van der Waals surface area contributed by atoms with E-state index in [0.717, 1.165) is 9.80 Å². The van der Waals surface area contributed by atoms with Crippen LogP contribution in [0.3, 0.4) is 0 Å². The third kappa shape index (κ3) is 6.52. The van der Waals surface area contributed by atoms with Gasteiger partial charge in [0.1, 0.15) is 17.8 Å². The van der Waals surface area contributed by atoms with Crippen LogP contribution in [0.15, 0.2) is 24.3 Å². The van der Waals surface area contributed by atoms with Gasteiger partial charge in [-0.2, -0.15) is 0 Å². The van der Waals surface area contributed by atoms with Crippen LogP contribution in [0.1, 0.15) is 18.5 Å². The molecule has 0 aromatic heterocycles. The van der Waals surface area contributed by atoms with Crippen molar-refractivity contribution in [3.63, 3.8) is 0 Å². The molecule has 0 radical (unpaired) electrons. The van der Waals surface area contributed by atoms with Gasteiger partial charge in [0, 0.05) is 18.7 Å². The van der Waals surface area contributed by atoms with Crippen molar-refractivity contribution in [1.82, 2.24) is 9.80 Å². The highest BCUT2D eigenvalue weighted by Gasteiger charge is 2.32. The molecule has 154 valence electrons. The molecule has 0 aliphatic heterocycles. The summed E-state index contributed by atoms with van der Waals surface area (Å²) in [4.78, 5) is 47.3. The molecule has 11 nitrogen and oxygen atoms in total. The van der Waals surface area contributed by atoms with Gasteiger partial charge in [0.2, 0.25) is 0 Å². The van der Waals surface area contributed by atoms with E-state index in [-0.39, 0.29) is 24.4 Å². The molecule has 28 heavy (non-hydrogen) atoms. The normalized spacial score (nSPS) is 13.2. The number of rotatable bonds is 12. The average Bonchev–Trinajstić information content (AvgIpc) is 2.58. The van der Waals surface area contributed by atoms with E-state index in [1.54, 1.807) is 0 Å². The van der Waals surface area contributed by atoms with Crippen LogP contribution < -0.4 is 0 Å². The lowest BCUT2D eigenvalue weighted by molar-refractivity contribution is -0.150. The molecule has 0 fully saturated rings. The highest BCUT2D eigenvalue weighted by molar-refractivity contribution is 5.78. The number of aromatic hydroxyl groups is 1. The van der Waals surface area contributed by atoms with Gasteiger partial charge in [-0.1, -0.05) is 18.2 Å². The van der Waals surface area contributed by atoms with E-state index in [0.29, 0.717) is 0 Å². The molecule has 0 aliphatic carbocycles. The maximum atomic E-state index is 11.8. The van der Waals surface area contributed by atoms with E-state index < -0.39 is 49.1 Å². The Balaban J connectivity index is 3.15. The number of carboxylic acid groups (broad SMARTS) is 4. The fourth-order valence-corrected chi connectivity index (χ4v) is 2.67. The van der Waals surface area contributed by atoms with E-state index in [1.807, 2.05) is 0 Å². The largest absolute Gasteiger partial charge is 0.508 e. The van der Waals surface area contributed by atoms with Crippen LogP contribution in [0.5, 0.6) is 5.75 Å². The first kappa shape index (κ1) is 22.9. The molecule has 0 spiro atoms. The quantitative estimate of drug-likeness (QED) is 0.314. The predicted octanol–water partition coefficient (Wildman–Crippen LogP) is -0.236. The van der Waals surface area contributed by atoms with Crippen LogP contribution in [-0.4, -0.2) is 91.4 Å². The van der Waals surface area contributed by atoms with Crippen LogP contribution >= 0.6 is 0 Å². The fourth-order valence-electron chi connectivity index (χ4n) is 2.67. The summed E-state index contributed by atoms with van der Waals surface area (Å²) in [6, 6.07) is 2.83. The zero-order valence-corrected chi connectivity index (χ0v) is 15.1. The summed E-state index contributed by atoms with van der Waals surface area (Å²) in [7, 11) is 0. The number of phenolic OH excluding ortho intramolecular Hbond substituents is 1. The van der Waals surface area contributed by atoms with E-state index in [2.05, 4.69) is 0 Å². The summed E-state index contributed by atoms with van der Waals surface area (Å²) < 4.78 is 0. The molecule has 0 heterocycles. The van der Waals surface area contributed by atoms with Crippen LogP contribution in [0.25, 0.3) is 0 Å². The molecule has 1 aromatic rings. The number of para-hydroxylation sites is 1. The molecule has 0 aliphatic rings. The Kier molecular flexibility index (Phi) is 8.35. The minimum atomic E-state index is -1.52. The highest BCUT2D eigenvalue weighted by atomic mass is 16.4. The summed E-state index contributed by atoms with van der Waals surface area (Å²) in [5, 5.41) is 46.8. The van der Waals surface area contributed by atoms with Crippen molar-refractivity contribution in [2.45, 2.75) is 19.0 Å². The summed E-state index contributed by atoms with van der Waals surface area (Å²) in [5.41, 5.74) is -0.0349. The van der Waals surface area contributed by atoms with Crippen molar-refractivity contribution < 1.29 is 44.7 Å². The van der Waals surface area contributed by atoms with Gasteiger partial charge < -0.3 is 25.5 Å². The minimum Gasteiger partial charge on any atom is -0.508 e. The van der Waals surface area contributed by atoms with Gasteiger partial charge in [-0.25, -0.2) is 0 Å². The molecule has 11 heteroatoms. The van der Waals surface area contributed by atoms with Gasteiger partial charge in [0.15, 0.2) is 0 Å². The Morgan fingerprint density at radius 3 is 1.82 bits per heavy atom. The first-order valence-electron chi connectivity index (χ1n) is 8.19. The number of hydrogen-bond acceptors (Lipinski definition) is 7. The van der Waals surface area contributed by atoms with Crippen LogP contribution in [0.4, 0.5) is 0 Å². The lowest BCUT2D eigenvalue weighted by atomic mass is 10.0.